The molecule has 98 valence electrons. The Morgan fingerprint density at radius 2 is 1.78 bits per heavy atom. The first-order valence-corrected chi connectivity index (χ1v) is 7.25. The number of benzene rings is 1. The molecule has 0 amide bonds. The second-order valence-corrected chi connectivity index (χ2v) is 5.01. The molecule has 1 rings (SSSR count). The molecule has 0 aliphatic heterocycles. The van der Waals surface area contributed by atoms with E-state index in [1.54, 1.807) is 33.1 Å². The van der Waals surface area contributed by atoms with E-state index >= 15 is 0 Å². The minimum Gasteiger partial charge on any atom is -0.495 e. The molecule has 5 heteroatoms. The minimum absolute atomic E-state index is 0.290. The summed E-state index contributed by atoms with van der Waals surface area (Å²) in [6, 6.07) is 7.25. The largest absolute Gasteiger partial charge is 0.495 e. The van der Waals surface area contributed by atoms with Gasteiger partial charge in [-0.25, -0.2) is 4.57 Å². The lowest BCUT2D eigenvalue weighted by molar-refractivity contribution is 0.230. The number of methoxy groups -OCH3 is 1. The monoisotopic (exact) mass is 268 g/mol. The van der Waals surface area contributed by atoms with Gasteiger partial charge in [-0.1, -0.05) is 18.1 Å². The highest BCUT2D eigenvalue weighted by Crippen LogP contribution is 2.46. The van der Waals surface area contributed by atoms with Crippen LogP contribution in [0.2, 0.25) is 0 Å². The van der Waals surface area contributed by atoms with E-state index in [0.29, 0.717) is 11.3 Å². The van der Waals surface area contributed by atoms with Gasteiger partial charge in [0, 0.05) is 5.66 Å². The third-order valence-electron chi connectivity index (χ3n) is 2.03. The maximum Gasteiger partial charge on any atom is 0.405 e. The van der Waals surface area contributed by atoms with Gasteiger partial charge in [-0.2, -0.15) is 0 Å². The maximum absolute atomic E-state index is 12.1. The topological polar surface area (TPSA) is 44.8 Å². The van der Waals surface area contributed by atoms with Gasteiger partial charge in [-0.15, -0.1) is 0 Å². The summed E-state index contributed by atoms with van der Waals surface area (Å²) in [5.74, 6) is 3.42. The van der Waals surface area contributed by atoms with Crippen LogP contribution in [0.4, 0.5) is 0 Å². The van der Waals surface area contributed by atoms with Gasteiger partial charge in [0.1, 0.15) is 5.75 Å². The third-order valence-corrected chi connectivity index (χ3v) is 3.61. The van der Waals surface area contributed by atoms with Crippen LogP contribution >= 0.6 is 7.60 Å². The molecule has 0 saturated carbocycles. The summed E-state index contributed by atoms with van der Waals surface area (Å²) < 4.78 is 27.5. The van der Waals surface area contributed by atoms with E-state index in [0.717, 1.165) is 0 Å². The molecule has 0 aromatic heterocycles. The highest BCUT2D eigenvalue weighted by molar-refractivity contribution is 7.59. The zero-order chi connectivity index (χ0) is 13.4. The van der Waals surface area contributed by atoms with Gasteiger partial charge in [0.15, 0.2) is 0 Å². The van der Waals surface area contributed by atoms with Crippen LogP contribution in [0.5, 0.6) is 5.75 Å². The van der Waals surface area contributed by atoms with Crippen molar-refractivity contribution in [3.8, 4) is 17.3 Å². The van der Waals surface area contributed by atoms with Crippen LogP contribution in [0.15, 0.2) is 24.3 Å². The van der Waals surface area contributed by atoms with Gasteiger partial charge in [0.05, 0.1) is 25.9 Å². The van der Waals surface area contributed by atoms with Crippen molar-refractivity contribution in [3.05, 3.63) is 29.8 Å². The molecule has 0 N–H and O–H groups in total. The molecule has 1 aromatic carbocycles. The minimum atomic E-state index is -3.33. The van der Waals surface area contributed by atoms with Crippen molar-refractivity contribution in [1.82, 2.24) is 0 Å². The van der Waals surface area contributed by atoms with Crippen molar-refractivity contribution >= 4 is 7.60 Å². The van der Waals surface area contributed by atoms with Crippen LogP contribution in [0.3, 0.4) is 0 Å². The average Bonchev–Trinajstić information content (AvgIpc) is 2.37. The Hall–Kier alpha value is -1.27. The second kappa shape index (κ2) is 7.23. The molecule has 0 heterocycles. The molecule has 0 saturated heterocycles. The first kappa shape index (κ1) is 14.8. The highest BCUT2D eigenvalue weighted by Gasteiger charge is 2.19. The van der Waals surface area contributed by atoms with E-state index in [-0.39, 0.29) is 13.2 Å². The molecule has 0 radical (unpaired) electrons. The zero-order valence-electron chi connectivity index (χ0n) is 10.8. The summed E-state index contributed by atoms with van der Waals surface area (Å²) in [6.07, 6.45) is 0. The summed E-state index contributed by atoms with van der Waals surface area (Å²) in [5.41, 5.74) is 3.22. The van der Waals surface area contributed by atoms with Crippen molar-refractivity contribution in [3.63, 3.8) is 0 Å². The van der Waals surface area contributed by atoms with Crippen molar-refractivity contribution in [2.75, 3.05) is 20.3 Å². The predicted molar refractivity (Wildman–Crippen MR) is 70.7 cm³/mol. The number of ether oxygens (including phenoxy) is 1. The lowest BCUT2D eigenvalue weighted by atomic mass is 10.2. The molecule has 0 spiro atoms. The van der Waals surface area contributed by atoms with E-state index in [1.807, 2.05) is 12.1 Å². The average molecular weight is 268 g/mol. The van der Waals surface area contributed by atoms with Crippen LogP contribution in [0.25, 0.3) is 0 Å². The fourth-order valence-electron chi connectivity index (χ4n) is 1.32. The molecular weight excluding hydrogens is 251 g/mol. The van der Waals surface area contributed by atoms with Crippen LogP contribution < -0.4 is 4.74 Å². The van der Waals surface area contributed by atoms with Gasteiger partial charge in [-0.05, 0) is 26.0 Å². The molecule has 0 aliphatic rings. The van der Waals surface area contributed by atoms with Gasteiger partial charge < -0.3 is 4.74 Å². The van der Waals surface area contributed by atoms with Crippen LogP contribution in [0.1, 0.15) is 19.4 Å². The normalized spacial score (nSPS) is 10.6. The Morgan fingerprint density at radius 3 is 2.33 bits per heavy atom. The Kier molecular flexibility index (Phi) is 5.94. The van der Waals surface area contributed by atoms with E-state index < -0.39 is 7.60 Å². The Balaban J connectivity index is 3.00. The summed E-state index contributed by atoms with van der Waals surface area (Å²) in [6.45, 7) is 4.07. The molecule has 0 aliphatic carbocycles. The second-order valence-electron chi connectivity index (χ2n) is 3.27. The van der Waals surface area contributed by atoms with E-state index in [9.17, 15) is 4.57 Å². The number of rotatable bonds is 5. The van der Waals surface area contributed by atoms with Crippen LogP contribution in [-0.4, -0.2) is 20.3 Å². The fourth-order valence-corrected chi connectivity index (χ4v) is 2.46. The summed E-state index contributed by atoms with van der Waals surface area (Å²) in [5, 5.41) is 0. The number of para-hydroxylation sites is 1. The van der Waals surface area contributed by atoms with Gasteiger partial charge >= 0.3 is 7.60 Å². The number of hydrogen-bond acceptors (Lipinski definition) is 4. The molecule has 1 aromatic rings. The van der Waals surface area contributed by atoms with E-state index in [4.69, 9.17) is 13.8 Å². The Morgan fingerprint density at radius 1 is 1.17 bits per heavy atom. The lowest BCUT2D eigenvalue weighted by Crippen LogP contribution is -1.93. The van der Waals surface area contributed by atoms with Crippen molar-refractivity contribution in [1.29, 1.82) is 0 Å². The Labute approximate surface area is 108 Å². The lowest BCUT2D eigenvalue weighted by Gasteiger charge is -2.09. The van der Waals surface area contributed by atoms with Gasteiger partial charge in [-0.3, -0.25) is 9.05 Å². The maximum atomic E-state index is 12.1. The highest BCUT2D eigenvalue weighted by atomic mass is 31.2. The van der Waals surface area contributed by atoms with E-state index in [1.165, 1.54) is 0 Å². The molecule has 0 bridgehead atoms. The summed E-state index contributed by atoms with van der Waals surface area (Å²) in [4.78, 5) is 0. The van der Waals surface area contributed by atoms with Gasteiger partial charge in [0.2, 0.25) is 0 Å². The van der Waals surface area contributed by atoms with E-state index in [2.05, 4.69) is 11.6 Å². The zero-order valence-corrected chi connectivity index (χ0v) is 11.7. The van der Waals surface area contributed by atoms with Gasteiger partial charge in [0.25, 0.3) is 0 Å². The van der Waals surface area contributed by atoms with Crippen molar-refractivity contribution in [2.24, 2.45) is 0 Å². The molecule has 18 heavy (non-hydrogen) atoms. The number of hydrogen-bond donors (Lipinski definition) is 0. The van der Waals surface area contributed by atoms with Crippen molar-refractivity contribution in [2.45, 2.75) is 13.8 Å². The van der Waals surface area contributed by atoms with Crippen LogP contribution in [-0.2, 0) is 13.6 Å². The SMILES string of the molecule is CCOP(=O)(C#Cc1ccccc1OC)OCC. The fraction of sp³-hybridized carbons (Fsp3) is 0.385. The standard InChI is InChI=1S/C13H17O4P/c1-4-16-18(14,17-5-2)11-10-12-8-6-7-9-13(12)15-3/h6-9H,4-5H2,1-3H3. The molecule has 0 atom stereocenters. The first-order valence-electron chi connectivity index (χ1n) is 5.70. The van der Waals surface area contributed by atoms with Crippen molar-refractivity contribution < 1.29 is 18.3 Å². The smallest absolute Gasteiger partial charge is 0.405 e. The quantitative estimate of drug-likeness (QED) is 0.607. The van der Waals surface area contributed by atoms with Crippen LogP contribution in [0, 0.1) is 11.6 Å². The predicted octanol–water partition coefficient (Wildman–Crippen LogP) is 3.27. The molecule has 4 nitrogen and oxygen atoms in total. The summed E-state index contributed by atoms with van der Waals surface area (Å²) >= 11 is 0. The summed E-state index contributed by atoms with van der Waals surface area (Å²) in [7, 11) is -1.77. The third kappa shape index (κ3) is 4.19. The molecule has 0 fully saturated rings. The molecule has 0 unspecified atom stereocenters. The molecular formula is C13H17O4P. The first-order chi connectivity index (χ1) is 8.65. The Bertz CT molecular complexity index is 477.